The Morgan fingerprint density at radius 3 is 2.93 bits per heavy atom. The van der Waals surface area contributed by atoms with Crippen molar-refractivity contribution in [1.29, 1.82) is 0 Å². The summed E-state index contributed by atoms with van der Waals surface area (Å²) in [6.45, 7) is 0.511. The zero-order valence-electron chi connectivity index (χ0n) is 8.22. The van der Waals surface area contributed by atoms with Gasteiger partial charge in [0.15, 0.2) is 0 Å². The Bertz CT molecular complexity index is 357. The van der Waals surface area contributed by atoms with E-state index in [0.717, 1.165) is 4.43 Å². The second-order valence-electron chi connectivity index (χ2n) is 2.76. The van der Waals surface area contributed by atoms with Crippen LogP contribution in [0.1, 0.15) is 10.4 Å². The second-order valence-corrected chi connectivity index (χ2v) is 3.84. The molecule has 0 spiro atoms. The standard InChI is InChI=1S/C10H11FINO2/c1-15-8-4-2-3-7(11)9(8)10(14)13-6-5-12/h2-4H,5-6H2,1H3,(H,13,14). The highest BCUT2D eigenvalue weighted by Gasteiger charge is 2.16. The van der Waals surface area contributed by atoms with Gasteiger partial charge >= 0.3 is 0 Å². The predicted octanol–water partition coefficient (Wildman–Crippen LogP) is 2.00. The van der Waals surface area contributed by atoms with Gasteiger partial charge in [-0.15, -0.1) is 0 Å². The summed E-state index contributed by atoms with van der Waals surface area (Å²) >= 11 is 2.13. The Morgan fingerprint density at radius 2 is 2.33 bits per heavy atom. The number of carbonyl (C=O) groups is 1. The number of carbonyl (C=O) groups excluding carboxylic acids is 1. The molecule has 0 saturated carbocycles. The molecule has 0 radical (unpaired) electrons. The molecule has 0 aliphatic heterocycles. The first kappa shape index (κ1) is 12.2. The lowest BCUT2D eigenvalue weighted by Crippen LogP contribution is -2.26. The van der Waals surface area contributed by atoms with Crippen LogP contribution in [0.3, 0.4) is 0 Å². The van der Waals surface area contributed by atoms with E-state index in [-0.39, 0.29) is 11.3 Å². The SMILES string of the molecule is COc1cccc(F)c1C(=O)NCCI. The Hall–Kier alpha value is -0.850. The van der Waals surface area contributed by atoms with Gasteiger partial charge in [0.05, 0.1) is 7.11 Å². The second kappa shape index (κ2) is 5.89. The number of hydrogen-bond donors (Lipinski definition) is 1. The summed E-state index contributed by atoms with van der Waals surface area (Å²) in [6.07, 6.45) is 0. The first-order valence-corrected chi connectivity index (χ1v) is 5.90. The molecule has 0 unspecified atom stereocenters. The molecule has 0 saturated heterocycles. The highest BCUT2D eigenvalue weighted by molar-refractivity contribution is 14.1. The van der Waals surface area contributed by atoms with Gasteiger partial charge in [0.2, 0.25) is 0 Å². The molecule has 0 aliphatic rings. The molecule has 1 N–H and O–H groups in total. The van der Waals surface area contributed by atoms with Crippen LogP contribution >= 0.6 is 22.6 Å². The maximum atomic E-state index is 13.4. The van der Waals surface area contributed by atoms with Crippen molar-refractivity contribution in [2.45, 2.75) is 0 Å². The number of nitrogens with one attached hydrogen (secondary N) is 1. The van der Waals surface area contributed by atoms with Crippen LogP contribution in [-0.2, 0) is 0 Å². The molecule has 0 aliphatic carbocycles. The van der Waals surface area contributed by atoms with E-state index in [2.05, 4.69) is 27.9 Å². The largest absolute Gasteiger partial charge is 0.496 e. The zero-order chi connectivity index (χ0) is 11.3. The summed E-state index contributed by atoms with van der Waals surface area (Å²) in [5.74, 6) is -0.761. The van der Waals surface area contributed by atoms with E-state index in [1.54, 1.807) is 6.07 Å². The summed E-state index contributed by atoms with van der Waals surface area (Å²) in [5, 5.41) is 2.60. The molecule has 1 aromatic rings. The van der Waals surface area contributed by atoms with Crippen LogP contribution in [0.4, 0.5) is 4.39 Å². The number of amides is 1. The fourth-order valence-electron chi connectivity index (χ4n) is 1.14. The maximum Gasteiger partial charge on any atom is 0.258 e. The Balaban J connectivity index is 2.95. The normalized spacial score (nSPS) is 9.80. The first-order chi connectivity index (χ1) is 7.20. The topological polar surface area (TPSA) is 38.3 Å². The van der Waals surface area contributed by atoms with Crippen LogP contribution in [0.15, 0.2) is 18.2 Å². The number of alkyl halides is 1. The third-order valence-electron chi connectivity index (χ3n) is 1.80. The molecule has 1 aromatic carbocycles. The Labute approximate surface area is 101 Å². The molecular formula is C10H11FINO2. The van der Waals surface area contributed by atoms with Crippen LogP contribution in [-0.4, -0.2) is 24.0 Å². The fraction of sp³-hybridized carbons (Fsp3) is 0.300. The maximum absolute atomic E-state index is 13.4. The van der Waals surface area contributed by atoms with Gasteiger partial charge in [0.1, 0.15) is 17.1 Å². The minimum absolute atomic E-state index is 0.0372. The van der Waals surface area contributed by atoms with Gasteiger partial charge in [-0.1, -0.05) is 28.7 Å². The molecule has 3 nitrogen and oxygen atoms in total. The Morgan fingerprint density at radius 1 is 1.60 bits per heavy atom. The lowest BCUT2D eigenvalue weighted by Gasteiger charge is -2.08. The smallest absolute Gasteiger partial charge is 0.258 e. The van der Waals surface area contributed by atoms with E-state index in [1.165, 1.54) is 19.2 Å². The molecule has 0 bridgehead atoms. The summed E-state index contributed by atoms with van der Waals surface area (Å²) in [4.78, 5) is 11.6. The molecule has 5 heteroatoms. The van der Waals surface area contributed by atoms with Crippen molar-refractivity contribution in [3.8, 4) is 5.75 Å². The average Bonchev–Trinajstić information content (AvgIpc) is 2.25. The molecule has 15 heavy (non-hydrogen) atoms. The number of hydrogen-bond acceptors (Lipinski definition) is 2. The molecule has 0 heterocycles. The van der Waals surface area contributed by atoms with Gasteiger partial charge in [-0.25, -0.2) is 4.39 Å². The van der Waals surface area contributed by atoms with Gasteiger partial charge in [0.25, 0.3) is 5.91 Å². The van der Waals surface area contributed by atoms with Crippen LogP contribution < -0.4 is 10.1 Å². The molecular weight excluding hydrogens is 312 g/mol. The summed E-state index contributed by atoms with van der Waals surface area (Å²) in [6, 6.07) is 4.30. The average molecular weight is 323 g/mol. The van der Waals surface area contributed by atoms with Crippen molar-refractivity contribution in [1.82, 2.24) is 5.32 Å². The lowest BCUT2D eigenvalue weighted by atomic mass is 10.1. The molecule has 82 valence electrons. The minimum atomic E-state index is -0.569. The van der Waals surface area contributed by atoms with E-state index in [1.807, 2.05) is 0 Å². The van der Waals surface area contributed by atoms with Crippen molar-refractivity contribution in [2.24, 2.45) is 0 Å². The Kier molecular flexibility index (Phi) is 4.80. The van der Waals surface area contributed by atoms with E-state index < -0.39 is 11.7 Å². The van der Waals surface area contributed by atoms with E-state index in [9.17, 15) is 9.18 Å². The number of ether oxygens (including phenoxy) is 1. The van der Waals surface area contributed by atoms with Gasteiger partial charge in [-0.05, 0) is 12.1 Å². The third-order valence-corrected chi connectivity index (χ3v) is 2.34. The van der Waals surface area contributed by atoms with Crippen molar-refractivity contribution >= 4 is 28.5 Å². The van der Waals surface area contributed by atoms with Crippen molar-refractivity contribution in [3.05, 3.63) is 29.6 Å². The van der Waals surface area contributed by atoms with Crippen molar-refractivity contribution in [3.63, 3.8) is 0 Å². The predicted molar refractivity (Wildman–Crippen MR) is 64.2 cm³/mol. The lowest BCUT2D eigenvalue weighted by molar-refractivity contribution is 0.0949. The molecule has 0 aromatic heterocycles. The van der Waals surface area contributed by atoms with Crippen molar-refractivity contribution < 1.29 is 13.9 Å². The number of methoxy groups -OCH3 is 1. The first-order valence-electron chi connectivity index (χ1n) is 4.37. The summed E-state index contributed by atoms with van der Waals surface area (Å²) in [7, 11) is 1.41. The van der Waals surface area contributed by atoms with Crippen molar-refractivity contribution in [2.75, 3.05) is 18.1 Å². The van der Waals surface area contributed by atoms with Crippen LogP contribution in [0.2, 0.25) is 0 Å². The van der Waals surface area contributed by atoms with Crippen LogP contribution in [0, 0.1) is 5.82 Å². The van der Waals surface area contributed by atoms with Gasteiger partial charge < -0.3 is 10.1 Å². The van der Waals surface area contributed by atoms with Gasteiger partial charge in [-0.2, -0.15) is 0 Å². The fourth-order valence-corrected chi connectivity index (χ4v) is 1.41. The van der Waals surface area contributed by atoms with Gasteiger partial charge in [0, 0.05) is 11.0 Å². The molecule has 0 fully saturated rings. The number of benzene rings is 1. The third kappa shape index (κ3) is 3.05. The minimum Gasteiger partial charge on any atom is -0.496 e. The number of rotatable bonds is 4. The van der Waals surface area contributed by atoms with Crippen LogP contribution in [0.5, 0.6) is 5.75 Å². The van der Waals surface area contributed by atoms with Gasteiger partial charge in [-0.3, -0.25) is 4.79 Å². The quantitative estimate of drug-likeness (QED) is 0.680. The summed E-state index contributed by atoms with van der Waals surface area (Å²) in [5.41, 5.74) is -0.0372. The van der Waals surface area contributed by atoms with E-state index in [4.69, 9.17) is 4.74 Å². The zero-order valence-corrected chi connectivity index (χ0v) is 10.4. The van der Waals surface area contributed by atoms with E-state index >= 15 is 0 Å². The highest BCUT2D eigenvalue weighted by Crippen LogP contribution is 2.20. The molecule has 0 atom stereocenters. The summed E-state index contributed by atoms with van der Waals surface area (Å²) < 4.78 is 19.1. The number of halogens is 2. The van der Waals surface area contributed by atoms with E-state index in [0.29, 0.717) is 6.54 Å². The highest BCUT2D eigenvalue weighted by atomic mass is 127. The molecule has 1 amide bonds. The monoisotopic (exact) mass is 323 g/mol. The van der Waals surface area contributed by atoms with Crippen LogP contribution in [0.25, 0.3) is 0 Å². The molecule has 1 rings (SSSR count).